The SMILES string of the molecule is CCCNC(=O)/C(C#N)=C/c1ccc(OC)c(COc2c(C)cccc2C)c1. The topological polar surface area (TPSA) is 71.4 Å². The molecule has 0 heterocycles. The first-order valence-corrected chi connectivity index (χ1v) is 9.26. The number of nitriles is 1. The average Bonchev–Trinajstić information content (AvgIpc) is 2.70. The van der Waals surface area contributed by atoms with E-state index in [4.69, 9.17) is 9.47 Å². The van der Waals surface area contributed by atoms with Gasteiger partial charge in [-0.25, -0.2) is 0 Å². The first-order valence-electron chi connectivity index (χ1n) is 9.26. The van der Waals surface area contributed by atoms with Crippen molar-refractivity contribution in [3.05, 3.63) is 64.2 Å². The zero-order valence-corrected chi connectivity index (χ0v) is 16.8. The minimum atomic E-state index is -0.367. The van der Waals surface area contributed by atoms with Crippen LogP contribution in [-0.4, -0.2) is 19.6 Å². The minimum Gasteiger partial charge on any atom is -0.496 e. The number of hydrogen-bond acceptors (Lipinski definition) is 4. The Kier molecular flexibility index (Phi) is 7.65. The number of ether oxygens (including phenoxy) is 2. The summed E-state index contributed by atoms with van der Waals surface area (Å²) in [6, 6.07) is 13.5. The van der Waals surface area contributed by atoms with Crippen molar-refractivity contribution in [1.82, 2.24) is 5.32 Å². The molecule has 0 saturated heterocycles. The lowest BCUT2D eigenvalue weighted by molar-refractivity contribution is -0.117. The molecule has 0 radical (unpaired) electrons. The van der Waals surface area contributed by atoms with E-state index in [-0.39, 0.29) is 11.5 Å². The number of hydrogen-bond donors (Lipinski definition) is 1. The molecule has 1 N–H and O–H groups in total. The molecule has 5 heteroatoms. The number of methoxy groups -OCH3 is 1. The lowest BCUT2D eigenvalue weighted by Gasteiger charge is -2.14. The van der Waals surface area contributed by atoms with Crippen LogP contribution in [-0.2, 0) is 11.4 Å². The third-order valence-electron chi connectivity index (χ3n) is 4.30. The van der Waals surface area contributed by atoms with Gasteiger partial charge in [-0.15, -0.1) is 0 Å². The van der Waals surface area contributed by atoms with E-state index in [9.17, 15) is 10.1 Å². The average molecular weight is 378 g/mol. The Morgan fingerprint density at radius 1 is 1.21 bits per heavy atom. The molecule has 0 aliphatic carbocycles. The largest absolute Gasteiger partial charge is 0.496 e. The quantitative estimate of drug-likeness (QED) is 0.548. The number of amides is 1. The van der Waals surface area contributed by atoms with Crippen LogP contribution in [0.25, 0.3) is 6.08 Å². The highest BCUT2D eigenvalue weighted by atomic mass is 16.5. The van der Waals surface area contributed by atoms with Crippen LogP contribution in [0.15, 0.2) is 42.0 Å². The first-order chi connectivity index (χ1) is 13.5. The van der Waals surface area contributed by atoms with E-state index in [2.05, 4.69) is 5.32 Å². The number of aryl methyl sites for hydroxylation is 2. The number of para-hydroxylation sites is 1. The van der Waals surface area contributed by atoms with Crippen LogP contribution in [0.5, 0.6) is 11.5 Å². The Bertz CT molecular complexity index is 890. The van der Waals surface area contributed by atoms with E-state index in [0.717, 1.165) is 34.4 Å². The van der Waals surface area contributed by atoms with Crippen molar-refractivity contribution in [3.63, 3.8) is 0 Å². The van der Waals surface area contributed by atoms with Crippen LogP contribution in [0.4, 0.5) is 0 Å². The third-order valence-corrected chi connectivity index (χ3v) is 4.30. The molecule has 0 aliphatic rings. The highest BCUT2D eigenvalue weighted by molar-refractivity contribution is 6.01. The van der Waals surface area contributed by atoms with Gasteiger partial charge in [0.25, 0.3) is 5.91 Å². The maximum atomic E-state index is 12.1. The second-order valence-electron chi connectivity index (χ2n) is 6.51. The molecule has 28 heavy (non-hydrogen) atoms. The normalized spacial score (nSPS) is 10.9. The van der Waals surface area contributed by atoms with Gasteiger partial charge in [-0.05, 0) is 55.2 Å². The number of carbonyl (C=O) groups is 1. The summed E-state index contributed by atoms with van der Waals surface area (Å²) < 4.78 is 11.5. The van der Waals surface area contributed by atoms with Crippen LogP contribution in [0.1, 0.15) is 35.6 Å². The van der Waals surface area contributed by atoms with Gasteiger partial charge in [0.15, 0.2) is 0 Å². The first kappa shape index (κ1) is 21.0. The molecule has 2 aromatic carbocycles. The molecule has 1 amide bonds. The summed E-state index contributed by atoms with van der Waals surface area (Å²) in [4.78, 5) is 12.1. The van der Waals surface area contributed by atoms with Gasteiger partial charge in [0.1, 0.15) is 29.7 Å². The lowest BCUT2D eigenvalue weighted by atomic mass is 10.1. The number of carbonyl (C=O) groups excluding carboxylic acids is 1. The fourth-order valence-electron chi connectivity index (χ4n) is 2.83. The van der Waals surface area contributed by atoms with Crippen molar-refractivity contribution in [2.75, 3.05) is 13.7 Å². The molecule has 146 valence electrons. The van der Waals surface area contributed by atoms with Gasteiger partial charge in [0, 0.05) is 12.1 Å². The summed E-state index contributed by atoms with van der Waals surface area (Å²) in [5.74, 6) is 1.17. The van der Waals surface area contributed by atoms with Crippen molar-refractivity contribution < 1.29 is 14.3 Å². The van der Waals surface area contributed by atoms with Crippen molar-refractivity contribution in [1.29, 1.82) is 5.26 Å². The summed E-state index contributed by atoms with van der Waals surface area (Å²) >= 11 is 0. The van der Waals surface area contributed by atoms with Gasteiger partial charge in [-0.2, -0.15) is 5.26 Å². The molecule has 5 nitrogen and oxygen atoms in total. The van der Waals surface area contributed by atoms with Crippen LogP contribution in [0.2, 0.25) is 0 Å². The monoisotopic (exact) mass is 378 g/mol. The van der Waals surface area contributed by atoms with E-state index in [1.54, 1.807) is 13.2 Å². The summed E-state index contributed by atoms with van der Waals surface area (Å²) in [6.07, 6.45) is 2.39. The van der Waals surface area contributed by atoms with Gasteiger partial charge in [0.2, 0.25) is 0 Å². The van der Waals surface area contributed by atoms with Gasteiger partial charge >= 0.3 is 0 Å². The van der Waals surface area contributed by atoms with Crippen molar-refractivity contribution in [2.24, 2.45) is 0 Å². The Morgan fingerprint density at radius 3 is 2.54 bits per heavy atom. The predicted octanol–water partition coefficient (Wildman–Crippen LogP) is 4.32. The third kappa shape index (κ3) is 5.37. The van der Waals surface area contributed by atoms with E-state index in [0.29, 0.717) is 18.9 Å². The van der Waals surface area contributed by atoms with Gasteiger partial charge in [0.05, 0.1) is 7.11 Å². The molecule has 2 aromatic rings. The molecule has 0 atom stereocenters. The Balaban J connectivity index is 2.27. The summed E-state index contributed by atoms with van der Waals surface area (Å²) in [7, 11) is 1.60. The Hall–Kier alpha value is -3.26. The summed E-state index contributed by atoms with van der Waals surface area (Å²) in [6.45, 7) is 6.83. The predicted molar refractivity (Wildman–Crippen MR) is 110 cm³/mol. The maximum absolute atomic E-state index is 12.1. The van der Waals surface area contributed by atoms with E-state index in [1.807, 2.05) is 63.2 Å². The molecule has 2 rings (SSSR count). The number of rotatable bonds is 8. The zero-order valence-electron chi connectivity index (χ0n) is 16.8. The van der Waals surface area contributed by atoms with Gasteiger partial charge in [-0.3, -0.25) is 4.79 Å². The van der Waals surface area contributed by atoms with Crippen LogP contribution >= 0.6 is 0 Å². The van der Waals surface area contributed by atoms with Crippen LogP contribution < -0.4 is 14.8 Å². The second kappa shape index (κ2) is 10.2. The molecule has 0 fully saturated rings. The van der Waals surface area contributed by atoms with Gasteiger partial charge in [-0.1, -0.05) is 31.2 Å². The molecule has 0 spiro atoms. The molecule has 0 bridgehead atoms. The second-order valence-corrected chi connectivity index (χ2v) is 6.51. The van der Waals surface area contributed by atoms with Gasteiger partial charge < -0.3 is 14.8 Å². The zero-order chi connectivity index (χ0) is 20.5. The molecule has 0 unspecified atom stereocenters. The molecule has 0 aliphatic heterocycles. The minimum absolute atomic E-state index is 0.0697. The fraction of sp³-hybridized carbons (Fsp3) is 0.304. The number of nitrogens with zero attached hydrogens (tertiary/aromatic N) is 1. The van der Waals surface area contributed by atoms with Crippen molar-refractivity contribution in [3.8, 4) is 17.6 Å². The van der Waals surface area contributed by atoms with E-state index in [1.165, 1.54) is 0 Å². The summed E-state index contributed by atoms with van der Waals surface area (Å²) in [5.41, 5.74) is 3.78. The number of benzene rings is 2. The summed E-state index contributed by atoms with van der Waals surface area (Å²) in [5, 5.41) is 12.0. The Morgan fingerprint density at radius 2 is 1.93 bits per heavy atom. The standard InChI is InChI=1S/C23H26N2O3/c1-5-11-25-23(26)19(14-24)12-18-9-10-21(27-4)20(13-18)15-28-22-16(2)7-6-8-17(22)3/h6-10,12-13H,5,11,15H2,1-4H3,(H,25,26)/b19-12+. The van der Waals surface area contributed by atoms with E-state index >= 15 is 0 Å². The smallest absolute Gasteiger partial charge is 0.261 e. The number of nitrogens with one attached hydrogen (secondary N) is 1. The molecule has 0 saturated carbocycles. The van der Waals surface area contributed by atoms with Crippen molar-refractivity contribution >= 4 is 12.0 Å². The highest BCUT2D eigenvalue weighted by Crippen LogP contribution is 2.27. The van der Waals surface area contributed by atoms with Crippen LogP contribution in [0, 0.1) is 25.2 Å². The highest BCUT2D eigenvalue weighted by Gasteiger charge is 2.11. The molecular formula is C23H26N2O3. The van der Waals surface area contributed by atoms with Crippen LogP contribution in [0.3, 0.4) is 0 Å². The maximum Gasteiger partial charge on any atom is 0.261 e. The van der Waals surface area contributed by atoms with Crippen molar-refractivity contribution in [2.45, 2.75) is 33.8 Å². The molecule has 0 aromatic heterocycles. The fourth-order valence-corrected chi connectivity index (χ4v) is 2.83. The Labute approximate surface area is 166 Å². The van der Waals surface area contributed by atoms with E-state index < -0.39 is 0 Å². The molecular weight excluding hydrogens is 352 g/mol. The lowest BCUT2D eigenvalue weighted by Crippen LogP contribution is -2.25.